The third kappa shape index (κ3) is 3.59. The highest BCUT2D eigenvalue weighted by Gasteiger charge is 2.31. The number of rotatable bonds is 5. The van der Waals surface area contributed by atoms with Gasteiger partial charge in [0.15, 0.2) is 0 Å². The maximum atomic E-state index is 5.59. The van der Waals surface area contributed by atoms with Crippen LogP contribution >= 0.6 is 23.7 Å². The van der Waals surface area contributed by atoms with Gasteiger partial charge in [-0.05, 0) is 18.9 Å². The first-order valence-corrected chi connectivity index (χ1v) is 9.24. The highest BCUT2D eigenvalue weighted by molar-refractivity contribution is 7.09. The molecule has 2 aliphatic rings. The molecule has 24 heavy (non-hydrogen) atoms. The summed E-state index contributed by atoms with van der Waals surface area (Å²) in [4.78, 5) is 8.66. The van der Waals surface area contributed by atoms with Crippen LogP contribution in [-0.2, 0) is 6.54 Å². The van der Waals surface area contributed by atoms with Crippen LogP contribution in [0.5, 0.6) is 5.75 Å². The lowest BCUT2D eigenvalue weighted by Crippen LogP contribution is -2.45. The zero-order valence-corrected chi connectivity index (χ0v) is 15.5. The van der Waals surface area contributed by atoms with Crippen molar-refractivity contribution in [2.24, 2.45) is 0 Å². The summed E-state index contributed by atoms with van der Waals surface area (Å²) in [7, 11) is 1.76. The summed E-state index contributed by atoms with van der Waals surface area (Å²) < 4.78 is 5.59. The molecule has 1 aliphatic heterocycles. The smallest absolute Gasteiger partial charge is 0.123 e. The van der Waals surface area contributed by atoms with Crippen molar-refractivity contribution in [2.45, 2.75) is 31.3 Å². The molecule has 130 valence electrons. The van der Waals surface area contributed by atoms with Gasteiger partial charge in [0, 0.05) is 42.5 Å². The zero-order valence-electron chi connectivity index (χ0n) is 13.9. The number of hydrogen-bond donors (Lipinski definition) is 1. The van der Waals surface area contributed by atoms with E-state index in [1.54, 1.807) is 7.11 Å². The molecule has 1 unspecified atom stereocenters. The van der Waals surface area contributed by atoms with Gasteiger partial charge in [0.1, 0.15) is 5.75 Å². The van der Waals surface area contributed by atoms with Gasteiger partial charge in [-0.2, -0.15) is 0 Å². The topological polar surface area (TPSA) is 37.4 Å². The van der Waals surface area contributed by atoms with Crippen molar-refractivity contribution in [3.05, 3.63) is 45.9 Å². The van der Waals surface area contributed by atoms with Crippen molar-refractivity contribution < 1.29 is 4.74 Å². The SMILES string of the molecule is COc1ccccc1C1CNCCN1Cc1scnc1C1CC1.Cl. The second kappa shape index (κ2) is 7.83. The van der Waals surface area contributed by atoms with Gasteiger partial charge in [0.25, 0.3) is 0 Å². The molecule has 4 nitrogen and oxygen atoms in total. The first kappa shape index (κ1) is 17.7. The van der Waals surface area contributed by atoms with Crippen LogP contribution in [0, 0.1) is 0 Å². The van der Waals surface area contributed by atoms with Crippen molar-refractivity contribution in [3.63, 3.8) is 0 Å². The van der Waals surface area contributed by atoms with E-state index in [0.717, 1.165) is 37.8 Å². The maximum Gasteiger partial charge on any atom is 0.123 e. The number of nitrogens with zero attached hydrogens (tertiary/aromatic N) is 2. The number of methoxy groups -OCH3 is 1. The van der Waals surface area contributed by atoms with Gasteiger partial charge < -0.3 is 10.1 Å². The first-order valence-electron chi connectivity index (χ1n) is 8.36. The molecule has 0 amide bonds. The minimum Gasteiger partial charge on any atom is -0.496 e. The van der Waals surface area contributed by atoms with Gasteiger partial charge in [0.2, 0.25) is 0 Å². The average Bonchev–Trinajstić information content (AvgIpc) is 3.35. The molecule has 1 aromatic carbocycles. The summed E-state index contributed by atoms with van der Waals surface area (Å²) in [5.41, 5.74) is 4.65. The third-order valence-corrected chi connectivity index (χ3v) is 5.67. The molecule has 1 aromatic heterocycles. The molecule has 1 atom stereocenters. The lowest BCUT2D eigenvalue weighted by atomic mass is 10.0. The molecule has 1 aliphatic carbocycles. The fraction of sp³-hybridized carbons (Fsp3) is 0.500. The van der Waals surface area contributed by atoms with Crippen LogP contribution in [0.2, 0.25) is 0 Å². The number of nitrogens with one attached hydrogen (secondary N) is 1. The monoisotopic (exact) mass is 365 g/mol. The van der Waals surface area contributed by atoms with E-state index in [1.165, 1.54) is 29.0 Å². The molecule has 4 rings (SSSR count). The quantitative estimate of drug-likeness (QED) is 0.878. The Morgan fingerprint density at radius 2 is 2.17 bits per heavy atom. The van der Waals surface area contributed by atoms with Crippen molar-refractivity contribution in [1.29, 1.82) is 0 Å². The van der Waals surface area contributed by atoms with Gasteiger partial charge in [0.05, 0.1) is 24.4 Å². The number of piperazine rings is 1. The summed E-state index contributed by atoms with van der Waals surface area (Å²) in [6.07, 6.45) is 2.63. The van der Waals surface area contributed by atoms with E-state index in [1.807, 2.05) is 22.9 Å². The number of benzene rings is 1. The highest BCUT2D eigenvalue weighted by atomic mass is 35.5. The van der Waals surface area contributed by atoms with Crippen LogP contribution in [0.25, 0.3) is 0 Å². The Morgan fingerprint density at radius 3 is 2.96 bits per heavy atom. The van der Waals surface area contributed by atoms with Crippen molar-refractivity contribution in [3.8, 4) is 5.75 Å². The normalized spacial score (nSPS) is 21.3. The highest BCUT2D eigenvalue weighted by Crippen LogP contribution is 2.42. The molecule has 2 fully saturated rings. The molecule has 0 radical (unpaired) electrons. The van der Waals surface area contributed by atoms with E-state index in [2.05, 4.69) is 33.4 Å². The van der Waals surface area contributed by atoms with Crippen molar-refractivity contribution >= 4 is 23.7 Å². The second-order valence-corrected chi connectivity index (χ2v) is 7.31. The zero-order chi connectivity index (χ0) is 15.6. The van der Waals surface area contributed by atoms with Crippen molar-refractivity contribution in [1.82, 2.24) is 15.2 Å². The van der Waals surface area contributed by atoms with Crippen molar-refractivity contribution in [2.75, 3.05) is 26.7 Å². The predicted octanol–water partition coefficient (Wildman–Crippen LogP) is 3.60. The molecule has 6 heteroatoms. The second-order valence-electron chi connectivity index (χ2n) is 6.37. The number of aromatic nitrogens is 1. The molecule has 2 heterocycles. The molecule has 0 bridgehead atoms. The van der Waals surface area contributed by atoms with E-state index in [-0.39, 0.29) is 12.4 Å². The van der Waals surface area contributed by atoms with Gasteiger partial charge >= 0.3 is 0 Å². The Labute approximate surface area is 153 Å². The molecule has 1 saturated carbocycles. The Bertz CT molecular complexity index is 674. The fourth-order valence-corrected chi connectivity index (χ4v) is 4.33. The van der Waals surface area contributed by atoms with Gasteiger partial charge in [-0.3, -0.25) is 4.90 Å². The Kier molecular flexibility index (Phi) is 5.76. The molecule has 0 spiro atoms. The Hall–Kier alpha value is -1.14. The van der Waals surface area contributed by atoms with Gasteiger partial charge in [-0.1, -0.05) is 18.2 Å². The van der Waals surface area contributed by atoms with Crippen LogP contribution in [0.15, 0.2) is 29.8 Å². The van der Waals surface area contributed by atoms with Gasteiger partial charge in [-0.15, -0.1) is 23.7 Å². The summed E-state index contributed by atoms with van der Waals surface area (Å²) in [5, 5.41) is 3.53. The summed E-state index contributed by atoms with van der Waals surface area (Å²) in [5.74, 6) is 1.71. The number of hydrogen-bond acceptors (Lipinski definition) is 5. The minimum absolute atomic E-state index is 0. The van der Waals surface area contributed by atoms with Gasteiger partial charge in [-0.25, -0.2) is 4.98 Å². The number of ether oxygens (including phenoxy) is 1. The van der Waals surface area contributed by atoms with E-state index in [9.17, 15) is 0 Å². The molecule has 2 aromatic rings. The summed E-state index contributed by atoms with van der Waals surface area (Å²) in [6.45, 7) is 4.08. The molecule has 1 N–H and O–H groups in total. The number of para-hydroxylation sites is 1. The lowest BCUT2D eigenvalue weighted by molar-refractivity contribution is 0.152. The van der Waals surface area contributed by atoms with E-state index in [0.29, 0.717) is 6.04 Å². The molecular weight excluding hydrogens is 342 g/mol. The summed E-state index contributed by atoms with van der Waals surface area (Å²) in [6, 6.07) is 8.75. The van der Waals surface area contributed by atoms with Crippen LogP contribution in [0.1, 0.15) is 40.9 Å². The average molecular weight is 366 g/mol. The van der Waals surface area contributed by atoms with E-state index in [4.69, 9.17) is 4.74 Å². The van der Waals surface area contributed by atoms with E-state index >= 15 is 0 Å². The Balaban J connectivity index is 0.00000169. The fourth-order valence-electron chi connectivity index (χ4n) is 3.46. The number of thiazole rings is 1. The lowest BCUT2D eigenvalue weighted by Gasteiger charge is -2.37. The van der Waals surface area contributed by atoms with Crippen LogP contribution < -0.4 is 10.1 Å². The standard InChI is InChI=1S/C18H23N3OS.ClH/c1-22-16-5-3-2-4-14(16)15-10-19-8-9-21(15)11-17-18(13-6-7-13)20-12-23-17;/h2-5,12-13,15,19H,6-11H2,1H3;1H. The molecule has 1 saturated heterocycles. The van der Waals surface area contributed by atoms with Crippen LogP contribution in [0.3, 0.4) is 0 Å². The minimum atomic E-state index is 0. The largest absolute Gasteiger partial charge is 0.496 e. The Morgan fingerprint density at radius 1 is 1.33 bits per heavy atom. The summed E-state index contributed by atoms with van der Waals surface area (Å²) >= 11 is 1.81. The van der Waals surface area contributed by atoms with Crippen LogP contribution in [-0.4, -0.2) is 36.6 Å². The predicted molar refractivity (Wildman–Crippen MR) is 100 cm³/mol. The van der Waals surface area contributed by atoms with Crippen LogP contribution in [0.4, 0.5) is 0 Å². The third-order valence-electron chi connectivity index (χ3n) is 4.84. The first-order chi connectivity index (χ1) is 11.4. The molecular formula is C18H24ClN3OS. The number of halogens is 1. The van der Waals surface area contributed by atoms with E-state index < -0.39 is 0 Å². The maximum absolute atomic E-state index is 5.59.